The maximum absolute atomic E-state index is 9.42. The standard InChI is InChI=1S/C12H17N3O/c1-8(2)15-12(5-6-13)10-4-3-9(16)7-11(10)14-15/h3-4,7-8,16H,5-6,13H2,1-2H3. The average Bonchev–Trinajstić information content (AvgIpc) is 2.57. The van der Waals surface area contributed by atoms with Gasteiger partial charge in [-0.1, -0.05) is 0 Å². The Balaban J connectivity index is 2.65. The van der Waals surface area contributed by atoms with Gasteiger partial charge in [0.05, 0.1) is 5.52 Å². The minimum atomic E-state index is 0.250. The summed E-state index contributed by atoms with van der Waals surface area (Å²) in [6, 6.07) is 5.58. The first-order valence-corrected chi connectivity index (χ1v) is 5.53. The van der Waals surface area contributed by atoms with Gasteiger partial charge in [0.2, 0.25) is 0 Å². The molecule has 1 heterocycles. The molecule has 0 unspecified atom stereocenters. The fraction of sp³-hybridized carbons (Fsp3) is 0.417. The summed E-state index contributed by atoms with van der Waals surface area (Å²) in [5.41, 5.74) is 7.60. The zero-order valence-electron chi connectivity index (χ0n) is 9.64. The lowest BCUT2D eigenvalue weighted by molar-refractivity contribution is 0.475. The Hall–Kier alpha value is -1.55. The van der Waals surface area contributed by atoms with Gasteiger partial charge in [-0.25, -0.2) is 0 Å². The van der Waals surface area contributed by atoms with Crippen LogP contribution in [0, 0.1) is 0 Å². The van der Waals surface area contributed by atoms with E-state index in [1.807, 2.05) is 10.7 Å². The minimum Gasteiger partial charge on any atom is -0.508 e. The van der Waals surface area contributed by atoms with E-state index in [9.17, 15) is 5.11 Å². The molecule has 2 rings (SSSR count). The van der Waals surface area contributed by atoms with Crippen LogP contribution in [0.1, 0.15) is 25.6 Å². The minimum absolute atomic E-state index is 0.250. The second-order valence-corrected chi connectivity index (χ2v) is 4.23. The van der Waals surface area contributed by atoms with Crippen molar-refractivity contribution in [1.29, 1.82) is 0 Å². The summed E-state index contributed by atoms with van der Waals surface area (Å²) in [5, 5.41) is 15.0. The summed E-state index contributed by atoms with van der Waals surface area (Å²) in [6.07, 6.45) is 0.805. The van der Waals surface area contributed by atoms with Gasteiger partial charge in [-0.15, -0.1) is 0 Å². The molecule has 0 radical (unpaired) electrons. The Kier molecular flexibility index (Phi) is 2.83. The highest BCUT2D eigenvalue weighted by molar-refractivity contribution is 5.83. The molecule has 0 atom stereocenters. The molecule has 4 nitrogen and oxygen atoms in total. The van der Waals surface area contributed by atoms with E-state index in [2.05, 4.69) is 18.9 Å². The molecule has 86 valence electrons. The van der Waals surface area contributed by atoms with Crippen molar-refractivity contribution in [3.8, 4) is 5.75 Å². The number of benzene rings is 1. The topological polar surface area (TPSA) is 64.1 Å². The smallest absolute Gasteiger partial charge is 0.117 e. The number of fused-ring (bicyclic) bond motifs is 1. The van der Waals surface area contributed by atoms with Crippen LogP contribution in [0.25, 0.3) is 10.9 Å². The number of hydrogen-bond acceptors (Lipinski definition) is 3. The summed E-state index contributed by atoms with van der Waals surface area (Å²) in [5.74, 6) is 0.250. The summed E-state index contributed by atoms with van der Waals surface area (Å²) in [4.78, 5) is 0. The molecule has 1 aromatic heterocycles. The molecule has 0 amide bonds. The van der Waals surface area contributed by atoms with E-state index in [1.54, 1.807) is 12.1 Å². The van der Waals surface area contributed by atoms with Crippen molar-refractivity contribution in [2.75, 3.05) is 6.54 Å². The Morgan fingerprint density at radius 1 is 1.44 bits per heavy atom. The molecule has 1 aromatic carbocycles. The summed E-state index contributed by atoms with van der Waals surface area (Å²) in [7, 11) is 0. The second-order valence-electron chi connectivity index (χ2n) is 4.23. The molecule has 0 saturated carbocycles. The van der Waals surface area contributed by atoms with Gasteiger partial charge in [0.1, 0.15) is 5.75 Å². The van der Waals surface area contributed by atoms with Gasteiger partial charge in [-0.2, -0.15) is 5.10 Å². The number of phenolic OH excluding ortho intramolecular Hbond substituents is 1. The SMILES string of the molecule is CC(C)n1nc2cc(O)ccc2c1CCN. The van der Waals surface area contributed by atoms with Gasteiger partial charge in [-0.05, 0) is 32.5 Å². The third-order valence-electron chi connectivity index (χ3n) is 2.65. The van der Waals surface area contributed by atoms with E-state index in [0.29, 0.717) is 12.6 Å². The van der Waals surface area contributed by atoms with Crippen LogP contribution in [0.3, 0.4) is 0 Å². The van der Waals surface area contributed by atoms with Crippen molar-refractivity contribution in [2.24, 2.45) is 5.73 Å². The molecule has 0 spiro atoms. The third kappa shape index (κ3) is 1.76. The van der Waals surface area contributed by atoms with Crippen LogP contribution in [-0.2, 0) is 6.42 Å². The lowest BCUT2D eigenvalue weighted by atomic mass is 10.1. The largest absolute Gasteiger partial charge is 0.508 e. The predicted molar refractivity (Wildman–Crippen MR) is 64.5 cm³/mol. The van der Waals surface area contributed by atoms with Crippen LogP contribution in [0.4, 0.5) is 0 Å². The average molecular weight is 219 g/mol. The molecular weight excluding hydrogens is 202 g/mol. The van der Waals surface area contributed by atoms with Gasteiger partial charge >= 0.3 is 0 Å². The van der Waals surface area contributed by atoms with Gasteiger partial charge in [0.25, 0.3) is 0 Å². The summed E-state index contributed by atoms with van der Waals surface area (Å²) >= 11 is 0. The van der Waals surface area contributed by atoms with Gasteiger partial charge < -0.3 is 10.8 Å². The molecule has 0 bridgehead atoms. The number of nitrogens with zero attached hydrogens (tertiary/aromatic N) is 2. The van der Waals surface area contributed by atoms with E-state index in [0.717, 1.165) is 23.0 Å². The molecule has 0 fully saturated rings. The third-order valence-corrected chi connectivity index (χ3v) is 2.65. The number of aromatic nitrogens is 2. The molecule has 0 aliphatic heterocycles. The summed E-state index contributed by atoms with van der Waals surface area (Å²) in [6.45, 7) is 4.78. The lowest BCUT2D eigenvalue weighted by Gasteiger charge is -2.10. The highest BCUT2D eigenvalue weighted by atomic mass is 16.3. The van der Waals surface area contributed by atoms with Crippen molar-refractivity contribution < 1.29 is 5.11 Å². The molecule has 0 saturated heterocycles. The predicted octanol–water partition coefficient (Wildman–Crippen LogP) is 1.82. The van der Waals surface area contributed by atoms with Crippen LogP contribution >= 0.6 is 0 Å². The number of nitrogens with two attached hydrogens (primary N) is 1. The molecule has 3 N–H and O–H groups in total. The van der Waals surface area contributed by atoms with E-state index >= 15 is 0 Å². The van der Waals surface area contributed by atoms with Crippen molar-refractivity contribution in [3.05, 3.63) is 23.9 Å². The van der Waals surface area contributed by atoms with Crippen molar-refractivity contribution in [3.63, 3.8) is 0 Å². The first-order valence-electron chi connectivity index (χ1n) is 5.53. The number of rotatable bonds is 3. The number of phenols is 1. The zero-order valence-corrected chi connectivity index (χ0v) is 9.64. The monoisotopic (exact) mass is 219 g/mol. The van der Waals surface area contributed by atoms with Crippen LogP contribution < -0.4 is 5.73 Å². The van der Waals surface area contributed by atoms with Crippen LogP contribution in [0.15, 0.2) is 18.2 Å². The van der Waals surface area contributed by atoms with Crippen molar-refractivity contribution in [2.45, 2.75) is 26.3 Å². The first-order chi connectivity index (χ1) is 7.63. The van der Waals surface area contributed by atoms with Gasteiger partial charge in [0.15, 0.2) is 0 Å². The second kappa shape index (κ2) is 4.14. The fourth-order valence-corrected chi connectivity index (χ4v) is 1.96. The molecule has 0 aliphatic rings. The Morgan fingerprint density at radius 3 is 2.81 bits per heavy atom. The quantitative estimate of drug-likeness (QED) is 0.827. The van der Waals surface area contributed by atoms with E-state index in [1.165, 1.54) is 0 Å². The Bertz CT molecular complexity index is 502. The Morgan fingerprint density at radius 2 is 2.19 bits per heavy atom. The van der Waals surface area contributed by atoms with E-state index in [-0.39, 0.29) is 5.75 Å². The van der Waals surface area contributed by atoms with Crippen LogP contribution in [0.2, 0.25) is 0 Å². The molecule has 4 heteroatoms. The Labute approximate surface area is 94.7 Å². The highest BCUT2D eigenvalue weighted by Gasteiger charge is 2.12. The van der Waals surface area contributed by atoms with Crippen LogP contribution in [0.5, 0.6) is 5.75 Å². The van der Waals surface area contributed by atoms with Gasteiger partial charge in [0, 0.05) is 29.6 Å². The van der Waals surface area contributed by atoms with Crippen molar-refractivity contribution in [1.82, 2.24) is 9.78 Å². The maximum Gasteiger partial charge on any atom is 0.117 e. The molecule has 16 heavy (non-hydrogen) atoms. The van der Waals surface area contributed by atoms with Gasteiger partial charge in [-0.3, -0.25) is 4.68 Å². The highest BCUT2D eigenvalue weighted by Crippen LogP contribution is 2.25. The molecular formula is C12H17N3O. The molecule has 0 aliphatic carbocycles. The van der Waals surface area contributed by atoms with E-state index < -0.39 is 0 Å². The van der Waals surface area contributed by atoms with Crippen LogP contribution in [-0.4, -0.2) is 21.4 Å². The number of aromatic hydroxyl groups is 1. The van der Waals surface area contributed by atoms with E-state index in [4.69, 9.17) is 5.73 Å². The summed E-state index contributed by atoms with van der Waals surface area (Å²) < 4.78 is 1.98. The zero-order chi connectivity index (χ0) is 11.7. The maximum atomic E-state index is 9.42. The normalized spacial score (nSPS) is 11.5. The number of hydrogen-bond donors (Lipinski definition) is 2. The lowest BCUT2D eigenvalue weighted by Crippen LogP contribution is -2.12. The fourth-order valence-electron chi connectivity index (χ4n) is 1.96. The van der Waals surface area contributed by atoms with Crippen molar-refractivity contribution >= 4 is 10.9 Å². The molecule has 2 aromatic rings. The first kappa shape index (κ1) is 11.0.